The van der Waals surface area contributed by atoms with Crippen molar-refractivity contribution in [2.24, 2.45) is 0 Å². The highest BCUT2D eigenvalue weighted by molar-refractivity contribution is 7.27. The van der Waals surface area contributed by atoms with Gasteiger partial charge in [-0.05, 0) is 259 Å². The molecule has 0 unspecified atom stereocenters. The number of benzene rings is 23. The quantitative estimate of drug-likeness (QED) is 0.158. The molecule has 632 valence electrons. The molecule has 0 fully saturated rings. The summed E-state index contributed by atoms with van der Waals surface area (Å²) in [6.45, 7) is 0. The van der Waals surface area contributed by atoms with Crippen molar-refractivity contribution in [2.45, 2.75) is 0 Å². The molecule has 0 bridgehead atoms. The van der Waals surface area contributed by atoms with Crippen molar-refractivity contribution < 1.29 is 0 Å². The monoisotopic (exact) mass is 1800 g/mol. The van der Waals surface area contributed by atoms with E-state index in [0.717, 1.165) is 0 Å². The van der Waals surface area contributed by atoms with Gasteiger partial charge in [0.25, 0.3) is 0 Å². The molecule has 0 atom stereocenters. The Morgan fingerprint density at radius 3 is 0.883 bits per heavy atom. The first-order chi connectivity index (χ1) is 68.0. The summed E-state index contributed by atoms with van der Waals surface area (Å²) in [5.41, 5.74) is 34.7. The molecule has 0 spiro atoms. The van der Waals surface area contributed by atoms with E-state index >= 15 is 0 Å². The molecule has 3 aliphatic carbocycles. The maximum Gasteiger partial charge on any atom is 0.0548 e. The van der Waals surface area contributed by atoms with Gasteiger partial charge in [0.05, 0.1) is 38.8 Å². The lowest BCUT2D eigenvalue weighted by Gasteiger charge is -2.16. The van der Waals surface area contributed by atoms with E-state index in [1.807, 2.05) is 45.3 Å². The number of aromatic nitrogens is 3. The molecule has 30 aromatic rings. The number of rotatable bonds is 6. The second-order valence-corrected chi connectivity index (χ2v) is 41.2. The van der Waals surface area contributed by atoms with Crippen LogP contribution >= 0.6 is 45.3 Å². The van der Waals surface area contributed by atoms with Crippen molar-refractivity contribution >= 4 is 235 Å². The van der Waals surface area contributed by atoms with Crippen LogP contribution in [-0.2, 0) is 0 Å². The maximum atomic E-state index is 2.49. The van der Waals surface area contributed by atoms with Crippen LogP contribution in [0.4, 0.5) is 0 Å². The van der Waals surface area contributed by atoms with Gasteiger partial charge in [0.2, 0.25) is 0 Å². The van der Waals surface area contributed by atoms with Crippen LogP contribution in [0.25, 0.3) is 306 Å². The molecule has 7 aromatic heterocycles. The third-order valence-electron chi connectivity index (χ3n) is 30.0. The lowest BCUT2D eigenvalue weighted by Crippen LogP contribution is -1.96. The topological polar surface area (TPSA) is 14.8 Å². The predicted molar refractivity (Wildman–Crippen MR) is 594 cm³/mol. The molecule has 33 rings (SSSR count). The predicted octanol–water partition coefficient (Wildman–Crippen LogP) is 38.4. The van der Waals surface area contributed by atoms with Crippen molar-refractivity contribution in [3.63, 3.8) is 0 Å². The van der Waals surface area contributed by atoms with E-state index in [0.29, 0.717) is 0 Å². The largest absolute Gasteiger partial charge is 0.309 e. The van der Waals surface area contributed by atoms with Gasteiger partial charge in [0, 0.05) is 130 Å². The molecule has 0 N–H and O–H groups in total. The van der Waals surface area contributed by atoms with E-state index in [1.54, 1.807) is 0 Å². The van der Waals surface area contributed by atoms with E-state index in [2.05, 4.69) is 457 Å². The summed E-state index contributed by atoms with van der Waals surface area (Å²) in [5, 5.41) is 29.3. The van der Waals surface area contributed by atoms with Crippen LogP contribution in [0.15, 0.2) is 443 Å². The molecule has 7 heteroatoms. The second kappa shape index (κ2) is 29.0. The zero-order valence-corrected chi connectivity index (χ0v) is 76.9. The first kappa shape index (κ1) is 75.9. The number of para-hydroxylation sites is 3. The van der Waals surface area contributed by atoms with E-state index in [-0.39, 0.29) is 0 Å². The van der Waals surface area contributed by atoms with Gasteiger partial charge in [-0.2, -0.15) is 0 Å². The normalized spacial score (nSPS) is 12.4. The van der Waals surface area contributed by atoms with Crippen LogP contribution in [0, 0.1) is 0 Å². The molecule has 23 aromatic carbocycles. The Balaban J connectivity index is 0.0000000957. The molecule has 3 nitrogen and oxygen atoms in total. The van der Waals surface area contributed by atoms with Crippen LogP contribution in [0.5, 0.6) is 0 Å². The fourth-order valence-corrected chi connectivity index (χ4v) is 28.8. The second-order valence-electron chi connectivity index (χ2n) is 36.9. The third kappa shape index (κ3) is 10.8. The van der Waals surface area contributed by atoms with E-state index in [9.17, 15) is 0 Å². The molecule has 0 saturated heterocycles. The summed E-state index contributed by atoms with van der Waals surface area (Å²) < 4.78 is 18.1. The first-order valence-corrected chi connectivity index (χ1v) is 50.3. The molecular formula is C130H73N3S4. The van der Waals surface area contributed by atoms with E-state index < -0.39 is 0 Å². The summed E-state index contributed by atoms with van der Waals surface area (Å²) >= 11 is 7.54. The van der Waals surface area contributed by atoms with Gasteiger partial charge in [-0.15, -0.1) is 45.3 Å². The minimum Gasteiger partial charge on any atom is -0.309 e. The Kier molecular flexibility index (Phi) is 16.0. The van der Waals surface area contributed by atoms with E-state index in [4.69, 9.17) is 0 Å². The SMILES string of the molecule is c1cc(-c2ccc3c4c(cccc24)-c2ccccc2-3)cc(-n2c3ccccc3c3c4c(ccc32)sc2ccccc24)c1.c1ccc2c(c1)-c1cccc3c(-c4ccc(-n5c6ccccc6c6c7c(ccc65)sc5ccccc57)c5ccccc45)ccc-2c13.c1ccc2c(c1)-c1cccc3c(-c4ccc5sc6ccc(-n7c8ccccc8c8c9c(ccc87)sc7ccccc79)cc6c5c4)ccc-2c13. The fourth-order valence-electron chi connectivity index (χ4n) is 24.4. The minimum atomic E-state index is 1.18. The number of fused-ring (bicyclic) bond motifs is 34. The average molecular weight is 1810 g/mol. The summed E-state index contributed by atoms with van der Waals surface area (Å²) in [7, 11) is 0. The Morgan fingerprint density at radius 2 is 0.416 bits per heavy atom. The summed E-state index contributed by atoms with van der Waals surface area (Å²) in [5.74, 6) is 0. The Morgan fingerprint density at radius 1 is 0.124 bits per heavy atom. The molecule has 7 heterocycles. The van der Waals surface area contributed by atoms with Crippen LogP contribution in [0.2, 0.25) is 0 Å². The smallest absolute Gasteiger partial charge is 0.0548 e. The summed E-state index contributed by atoms with van der Waals surface area (Å²) in [4.78, 5) is 0. The van der Waals surface area contributed by atoms with Gasteiger partial charge < -0.3 is 13.7 Å². The third-order valence-corrected chi connectivity index (χ3v) is 34.6. The Bertz CT molecular complexity index is 10500. The van der Waals surface area contributed by atoms with Crippen molar-refractivity contribution in [3.8, 4) is 117 Å². The van der Waals surface area contributed by atoms with Gasteiger partial charge in [-0.3, -0.25) is 0 Å². The van der Waals surface area contributed by atoms with Crippen molar-refractivity contribution in [2.75, 3.05) is 0 Å². The van der Waals surface area contributed by atoms with Crippen LogP contribution in [-0.4, -0.2) is 13.7 Å². The van der Waals surface area contributed by atoms with Gasteiger partial charge in [-0.1, -0.05) is 322 Å². The summed E-state index contributed by atoms with van der Waals surface area (Å²) in [6.07, 6.45) is 0. The zero-order valence-electron chi connectivity index (χ0n) is 73.6. The molecular weight excluding hydrogens is 1730 g/mol. The van der Waals surface area contributed by atoms with Crippen molar-refractivity contribution in [1.29, 1.82) is 0 Å². The standard InChI is InChI=1S/C46H25NS2.C44H25NS.C40H23NS/c1-2-9-30-29(8-1)32-13-7-12-31-28(18-19-33(30)44(31)32)26-16-21-41-36(24-26)37-25-27(17-22-42(37)48-41)47-38-14-5-3-10-34(38)45-39(47)20-23-43-46(45)35-11-4-6-15-40(35)49-43;1-2-12-28-27(11-1)32-16-9-17-33-30(20-21-34(28)42(32)33)29-22-23-38(31-13-4-3-10-26(29)31)45-37-18-7-5-14-35(37)43-39(45)24-25-41-44(43)36-15-6-8-19-40(36)46-41;1-2-12-28-27(11-1)30-16-8-15-29-26(19-20-31(28)38(29)30)24-9-7-10-25(23-24)41-34-17-5-3-13-32(34)39-35(41)21-22-37-40(39)33-14-4-6-18-36(33)42-37/h1-25H;1-25H;1-23H. The van der Waals surface area contributed by atoms with Crippen LogP contribution in [0.3, 0.4) is 0 Å². The van der Waals surface area contributed by atoms with E-state index in [1.165, 1.54) is 306 Å². The number of hydrogen-bond donors (Lipinski definition) is 0. The highest BCUT2D eigenvalue weighted by Crippen LogP contribution is 2.57. The molecule has 0 aliphatic heterocycles. The maximum absolute atomic E-state index is 2.49. The van der Waals surface area contributed by atoms with Crippen LogP contribution in [0.1, 0.15) is 0 Å². The highest BCUT2D eigenvalue weighted by atomic mass is 32.1. The Labute approximate surface area is 801 Å². The lowest BCUT2D eigenvalue weighted by atomic mass is 9.91. The lowest BCUT2D eigenvalue weighted by molar-refractivity contribution is 1.18. The number of nitrogens with zero attached hydrogens (tertiary/aromatic N) is 3. The van der Waals surface area contributed by atoms with Crippen molar-refractivity contribution in [1.82, 2.24) is 13.7 Å². The van der Waals surface area contributed by atoms with Gasteiger partial charge in [0.1, 0.15) is 0 Å². The van der Waals surface area contributed by atoms with Gasteiger partial charge >= 0.3 is 0 Å². The molecule has 137 heavy (non-hydrogen) atoms. The fraction of sp³-hybridized carbons (Fsp3) is 0. The molecule has 3 aliphatic rings. The molecule has 0 radical (unpaired) electrons. The summed E-state index contributed by atoms with van der Waals surface area (Å²) in [6, 6.07) is 165. The molecule has 0 saturated carbocycles. The zero-order chi connectivity index (χ0) is 89.1. The number of hydrogen-bond acceptors (Lipinski definition) is 4. The Hall–Kier alpha value is -16.6. The number of thiophene rings is 4. The van der Waals surface area contributed by atoms with Gasteiger partial charge in [-0.25, -0.2) is 0 Å². The highest BCUT2D eigenvalue weighted by Gasteiger charge is 2.30. The first-order valence-electron chi connectivity index (χ1n) is 47.1. The van der Waals surface area contributed by atoms with Crippen molar-refractivity contribution in [3.05, 3.63) is 443 Å². The minimum absolute atomic E-state index is 1.18. The average Bonchev–Trinajstić information content (AvgIpc) is 1.49. The van der Waals surface area contributed by atoms with Gasteiger partial charge in [0.15, 0.2) is 0 Å². The van der Waals surface area contributed by atoms with Crippen LogP contribution < -0.4 is 0 Å². The molecule has 0 amide bonds.